The summed E-state index contributed by atoms with van der Waals surface area (Å²) in [4.78, 5) is 0. The zero-order valence-corrected chi connectivity index (χ0v) is 22.7. The summed E-state index contributed by atoms with van der Waals surface area (Å²) >= 11 is 2.06. The zero-order valence-electron chi connectivity index (χ0n) is 21.9. The Labute approximate surface area is 202 Å². The van der Waals surface area contributed by atoms with Gasteiger partial charge in [-0.25, -0.2) is 4.39 Å². The second-order valence-electron chi connectivity index (χ2n) is 10.7. The molecule has 0 amide bonds. The molecule has 2 N–H and O–H groups in total. The molecule has 0 spiro atoms. The van der Waals surface area contributed by atoms with Crippen LogP contribution < -0.4 is 5.73 Å². The van der Waals surface area contributed by atoms with Crippen LogP contribution >= 0.6 is 11.8 Å². The molecule has 3 fully saturated rings. The lowest BCUT2D eigenvalue weighted by atomic mass is 9.48. The van der Waals surface area contributed by atoms with Crippen LogP contribution in [0.1, 0.15) is 92.4 Å². The third-order valence-corrected chi connectivity index (χ3v) is 10.1. The van der Waals surface area contributed by atoms with Gasteiger partial charge in [-0.2, -0.15) is 11.8 Å². The number of thioether (sulfide) groups is 1. The van der Waals surface area contributed by atoms with Crippen molar-refractivity contribution in [2.24, 2.45) is 34.3 Å². The maximum atomic E-state index is 15.3. The monoisotopic (exact) mass is 471 g/mol. The number of fused-ring (bicyclic) bond motifs is 3. The molecule has 0 bridgehead atoms. The van der Waals surface area contributed by atoms with Crippen molar-refractivity contribution in [2.45, 2.75) is 110 Å². The van der Waals surface area contributed by atoms with Gasteiger partial charge in [-0.1, -0.05) is 59.3 Å². The Kier molecular flexibility index (Phi) is 12.5. The first-order valence-corrected chi connectivity index (χ1v) is 14.1. The lowest BCUT2D eigenvalue weighted by Crippen LogP contribution is -2.52. The first-order chi connectivity index (χ1) is 15.2. The van der Waals surface area contributed by atoms with Crippen LogP contribution in [0, 0.1) is 28.6 Å². The van der Waals surface area contributed by atoms with Gasteiger partial charge in [0.05, 0.1) is 7.18 Å². The highest BCUT2D eigenvalue weighted by atomic mass is 32.2. The fourth-order valence-electron chi connectivity index (χ4n) is 7.41. The molecule has 3 saturated carbocycles. The van der Waals surface area contributed by atoms with Crippen LogP contribution in [0.4, 0.5) is 8.78 Å². The molecule has 1 nitrogen and oxygen atoms in total. The van der Waals surface area contributed by atoms with Crippen molar-refractivity contribution in [3.63, 3.8) is 0 Å². The molecule has 4 heteroatoms. The number of halogens is 2. The van der Waals surface area contributed by atoms with E-state index in [4.69, 9.17) is 5.73 Å². The van der Waals surface area contributed by atoms with Gasteiger partial charge in [-0.3, -0.25) is 4.39 Å². The summed E-state index contributed by atoms with van der Waals surface area (Å²) in [5, 5.41) is 0.782. The third-order valence-electron chi connectivity index (χ3n) is 8.74. The minimum Gasteiger partial charge on any atom is -0.328 e. The Morgan fingerprint density at radius 3 is 2.28 bits per heavy atom. The molecule has 0 heterocycles. The topological polar surface area (TPSA) is 26.0 Å². The standard InChI is InChI=1S/C22H35FS.C5H13N.CH3F/c1-6-8-18-19(23)14-15-16-9-10-20(24-5)22(16,4)13-11-17(15)21(18,3)12-7-2;1-3-4-5(2)6;1-2/h6,8,15-17,19-20H,1,7,9-14H2,2-5H3;5H,3-4,6H2,1-2H3;1H3/b18-8-;;/t15?,16?,17?,19-,20?,21?,22?;5-;/m01./s1. The van der Waals surface area contributed by atoms with Crippen LogP contribution in [-0.4, -0.2) is 30.9 Å². The molecule has 0 radical (unpaired) electrons. The van der Waals surface area contributed by atoms with E-state index in [1.54, 1.807) is 0 Å². The van der Waals surface area contributed by atoms with Gasteiger partial charge in [-0.15, -0.1) is 0 Å². The third kappa shape index (κ3) is 6.20. The smallest absolute Gasteiger partial charge is 0.122 e. The molecule has 6 unspecified atom stereocenters. The van der Waals surface area contributed by atoms with E-state index in [2.05, 4.69) is 52.3 Å². The molecule has 188 valence electrons. The van der Waals surface area contributed by atoms with Crippen molar-refractivity contribution in [1.29, 1.82) is 0 Å². The molecule has 0 aromatic rings. The largest absolute Gasteiger partial charge is 0.328 e. The Bertz CT molecular complexity index is 592. The summed E-state index contributed by atoms with van der Waals surface area (Å²) in [6, 6.07) is 0.398. The summed E-state index contributed by atoms with van der Waals surface area (Å²) in [7, 11) is 0.500. The molecule has 32 heavy (non-hydrogen) atoms. The predicted molar refractivity (Wildman–Crippen MR) is 141 cm³/mol. The van der Waals surface area contributed by atoms with Crippen LogP contribution in [0.15, 0.2) is 24.3 Å². The van der Waals surface area contributed by atoms with Crippen LogP contribution in [0.5, 0.6) is 0 Å². The number of hydrogen-bond donors (Lipinski definition) is 1. The van der Waals surface area contributed by atoms with Crippen molar-refractivity contribution in [3.05, 3.63) is 24.3 Å². The zero-order chi connectivity index (χ0) is 24.5. The summed E-state index contributed by atoms with van der Waals surface area (Å²) in [6.45, 7) is 15.2. The van der Waals surface area contributed by atoms with E-state index in [1.165, 1.54) is 32.1 Å². The molecule has 3 rings (SSSR count). The molecular weight excluding hydrogens is 420 g/mol. The van der Waals surface area contributed by atoms with Crippen LogP contribution in [0.3, 0.4) is 0 Å². The lowest BCUT2D eigenvalue weighted by molar-refractivity contribution is -0.0500. The van der Waals surface area contributed by atoms with Crippen molar-refractivity contribution in [2.75, 3.05) is 13.4 Å². The van der Waals surface area contributed by atoms with Crippen LogP contribution in [0.25, 0.3) is 0 Å². The first-order valence-electron chi connectivity index (χ1n) is 12.8. The quantitative estimate of drug-likeness (QED) is 0.420. The molecule has 3 aliphatic carbocycles. The second kappa shape index (κ2) is 13.5. The molecule has 0 saturated heterocycles. The fraction of sp³-hybridized carbons (Fsp3) is 0.857. The van der Waals surface area contributed by atoms with Crippen LogP contribution in [-0.2, 0) is 0 Å². The van der Waals surface area contributed by atoms with Crippen LogP contribution in [0.2, 0.25) is 0 Å². The van der Waals surface area contributed by atoms with Gasteiger partial charge in [0.1, 0.15) is 6.17 Å². The normalized spacial score (nSPS) is 40.2. The summed E-state index contributed by atoms with van der Waals surface area (Å²) in [6.07, 6.45) is 16.0. The average molecular weight is 472 g/mol. The van der Waals surface area contributed by atoms with Gasteiger partial charge in [-0.05, 0) is 92.3 Å². The molecular formula is C28H51F2NS. The van der Waals surface area contributed by atoms with E-state index in [9.17, 15) is 4.39 Å². The summed E-state index contributed by atoms with van der Waals surface area (Å²) in [5.41, 5.74) is 6.92. The predicted octanol–water partition coefficient (Wildman–Crippen LogP) is 8.54. The van der Waals surface area contributed by atoms with Gasteiger partial charge in [0.15, 0.2) is 0 Å². The minimum absolute atomic E-state index is 0.0318. The average Bonchev–Trinajstić information content (AvgIpc) is 3.10. The minimum atomic E-state index is -0.767. The van der Waals surface area contributed by atoms with Crippen molar-refractivity contribution < 1.29 is 8.78 Å². The Morgan fingerprint density at radius 1 is 1.16 bits per heavy atom. The second-order valence-corrected chi connectivity index (χ2v) is 11.8. The first kappa shape index (κ1) is 29.7. The van der Waals surface area contributed by atoms with Gasteiger partial charge >= 0.3 is 0 Å². The van der Waals surface area contributed by atoms with E-state index in [0.717, 1.165) is 42.4 Å². The van der Waals surface area contributed by atoms with Gasteiger partial charge in [0.25, 0.3) is 0 Å². The van der Waals surface area contributed by atoms with Gasteiger partial charge in [0, 0.05) is 11.3 Å². The maximum Gasteiger partial charge on any atom is 0.122 e. The number of allylic oxidation sites excluding steroid dienone is 3. The van der Waals surface area contributed by atoms with Crippen molar-refractivity contribution in [1.82, 2.24) is 0 Å². The van der Waals surface area contributed by atoms with Gasteiger partial charge < -0.3 is 5.73 Å². The fourth-order valence-corrected chi connectivity index (χ4v) is 8.61. The van der Waals surface area contributed by atoms with E-state index in [0.29, 0.717) is 30.5 Å². The number of rotatable bonds is 6. The van der Waals surface area contributed by atoms with E-state index >= 15 is 4.39 Å². The molecule has 0 aromatic heterocycles. The SMILES string of the molecule is C=C/C=C1/[C@@H](F)CC2C(CCC3(C)C(SC)CCC23)C1(C)CCC.CCC[C@@H](C)N.CF. The molecule has 0 aromatic carbocycles. The van der Waals surface area contributed by atoms with Crippen molar-refractivity contribution in [3.8, 4) is 0 Å². The number of nitrogens with two attached hydrogens (primary N) is 1. The maximum absolute atomic E-state index is 15.3. The van der Waals surface area contributed by atoms with Crippen molar-refractivity contribution >= 4 is 11.8 Å². The Morgan fingerprint density at radius 2 is 1.81 bits per heavy atom. The Balaban J connectivity index is 0.000000556. The molecule has 0 aliphatic heterocycles. The van der Waals surface area contributed by atoms with Gasteiger partial charge in [0.2, 0.25) is 0 Å². The highest BCUT2D eigenvalue weighted by Gasteiger charge is 2.59. The van der Waals surface area contributed by atoms with E-state index < -0.39 is 6.17 Å². The highest BCUT2D eigenvalue weighted by Crippen LogP contribution is 2.66. The lowest BCUT2D eigenvalue weighted by Gasteiger charge is -2.58. The number of hydrogen-bond acceptors (Lipinski definition) is 2. The van der Waals surface area contributed by atoms with E-state index in [-0.39, 0.29) is 5.41 Å². The summed E-state index contributed by atoms with van der Waals surface area (Å²) < 4.78 is 24.8. The Hall–Kier alpha value is -0.350. The number of alkyl halides is 2. The molecule has 3 aliphatic rings. The van der Waals surface area contributed by atoms with E-state index in [1.807, 2.05) is 19.1 Å². The summed E-state index contributed by atoms with van der Waals surface area (Å²) in [5.74, 6) is 1.97. The highest BCUT2D eigenvalue weighted by molar-refractivity contribution is 7.99. The molecule has 8 atom stereocenters.